The van der Waals surface area contributed by atoms with Crippen LogP contribution in [0.15, 0.2) is 52.2 Å². The van der Waals surface area contributed by atoms with Crippen LogP contribution >= 0.6 is 12.2 Å². The lowest BCUT2D eigenvalue weighted by Crippen LogP contribution is -2.24. The molecule has 98 valence electrons. The second-order valence-electron chi connectivity index (χ2n) is 4.11. The summed E-state index contributed by atoms with van der Waals surface area (Å²) in [6, 6.07) is 11.6. The van der Waals surface area contributed by atoms with Crippen molar-refractivity contribution in [2.45, 2.75) is 13.8 Å². The Labute approximate surface area is 117 Å². The quantitative estimate of drug-likeness (QED) is 0.512. The number of furan rings is 1. The zero-order valence-electron chi connectivity index (χ0n) is 10.8. The van der Waals surface area contributed by atoms with Crippen molar-refractivity contribution < 1.29 is 4.42 Å². The van der Waals surface area contributed by atoms with Crippen molar-refractivity contribution >= 4 is 28.7 Å². The molecule has 0 saturated carbocycles. The maximum atomic E-state index is 5.22. The van der Waals surface area contributed by atoms with Crippen LogP contribution in [-0.4, -0.2) is 10.8 Å². The number of hydrogen-bond acceptors (Lipinski definition) is 3. The topological polar surface area (TPSA) is 49.6 Å². The molecule has 1 aromatic heterocycles. The summed E-state index contributed by atoms with van der Waals surface area (Å²) in [5, 5.41) is 7.64. The van der Waals surface area contributed by atoms with E-state index in [1.165, 1.54) is 5.56 Å². The van der Waals surface area contributed by atoms with Gasteiger partial charge in [-0.1, -0.05) is 17.7 Å². The third-order valence-electron chi connectivity index (χ3n) is 2.51. The fraction of sp³-hybridized carbons (Fsp3) is 0.143. The number of benzene rings is 1. The van der Waals surface area contributed by atoms with Gasteiger partial charge in [-0.2, -0.15) is 5.10 Å². The first-order valence-corrected chi connectivity index (χ1v) is 6.28. The highest BCUT2D eigenvalue weighted by Gasteiger charge is 2.00. The van der Waals surface area contributed by atoms with Gasteiger partial charge in [-0.15, -0.1) is 0 Å². The van der Waals surface area contributed by atoms with Crippen molar-refractivity contribution in [1.82, 2.24) is 5.43 Å². The molecule has 5 heteroatoms. The number of anilines is 1. The molecule has 0 aliphatic heterocycles. The number of thiocarbonyl (C=S) groups is 1. The van der Waals surface area contributed by atoms with E-state index in [9.17, 15) is 0 Å². The third kappa shape index (κ3) is 3.93. The average molecular weight is 273 g/mol. The van der Waals surface area contributed by atoms with Gasteiger partial charge in [0.1, 0.15) is 11.5 Å². The number of aryl methyl sites for hydroxylation is 1. The fourth-order valence-electron chi connectivity index (χ4n) is 1.47. The molecule has 0 spiro atoms. The van der Waals surface area contributed by atoms with Crippen LogP contribution in [0.4, 0.5) is 5.69 Å². The SMILES string of the molecule is C/C(=N\NC(=S)Nc1ccc(C)cc1)c1ccco1. The Morgan fingerprint density at radius 1 is 1.21 bits per heavy atom. The molecular weight excluding hydrogens is 258 g/mol. The minimum absolute atomic E-state index is 0.440. The molecule has 0 aliphatic rings. The summed E-state index contributed by atoms with van der Waals surface area (Å²) in [6.45, 7) is 3.89. The largest absolute Gasteiger partial charge is 0.463 e. The van der Waals surface area contributed by atoms with Crippen molar-refractivity contribution in [3.05, 3.63) is 54.0 Å². The molecule has 0 saturated heterocycles. The van der Waals surface area contributed by atoms with Crippen LogP contribution in [0.3, 0.4) is 0 Å². The predicted molar refractivity (Wildman–Crippen MR) is 81.5 cm³/mol. The molecule has 0 fully saturated rings. The highest BCUT2D eigenvalue weighted by atomic mass is 32.1. The van der Waals surface area contributed by atoms with Gasteiger partial charge in [0.2, 0.25) is 0 Å². The summed E-state index contributed by atoms with van der Waals surface area (Å²) in [5.74, 6) is 0.714. The molecular formula is C14H15N3OS. The van der Waals surface area contributed by atoms with E-state index in [0.717, 1.165) is 11.4 Å². The average Bonchev–Trinajstić information content (AvgIpc) is 2.93. The monoisotopic (exact) mass is 273 g/mol. The van der Waals surface area contributed by atoms with E-state index in [1.54, 1.807) is 6.26 Å². The minimum atomic E-state index is 0.440. The Morgan fingerprint density at radius 2 is 1.95 bits per heavy atom. The van der Waals surface area contributed by atoms with E-state index < -0.39 is 0 Å². The van der Waals surface area contributed by atoms with E-state index >= 15 is 0 Å². The Kier molecular flexibility index (Phi) is 4.30. The molecule has 0 amide bonds. The van der Waals surface area contributed by atoms with E-state index in [4.69, 9.17) is 16.6 Å². The zero-order chi connectivity index (χ0) is 13.7. The van der Waals surface area contributed by atoms with Gasteiger partial charge in [0.15, 0.2) is 5.11 Å². The zero-order valence-corrected chi connectivity index (χ0v) is 11.6. The maximum absolute atomic E-state index is 5.22. The molecule has 0 atom stereocenters. The summed E-state index contributed by atoms with van der Waals surface area (Å²) in [5.41, 5.74) is 5.65. The van der Waals surface area contributed by atoms with Crippen molar-refractivity contribution in [2.24, 2.45) is 5.10 Å². The highest BCUT2D eigenvalue weighted by Crippen LogP contribution is 2.08. The first kappa shape index (κ1) is 13.3. The van der Waals surface area contributed by atoms with Gasteiger partial charge in [-0.05, 0) is 50.3 Å². The molecule has 0 radical (unpaired) electrons. The van der Waals surface area contributed by atoms with Crippen molar-refractivity contribution in [2.75, 3.05) is 5.32 Å². The molecule has 1 heterocycles. The number of rotatable bonds is 3. The molecule has 2 rings (SSSR count). The van der Waals surface area contributed by atoms with Gasteiger partial charge in [0.25, 0.3) is 0 Å². The van der Waals surface area contributed by atoms with Crippen molar-refractivity contribution in [3.8, 4) is 0 Å². The van der Waals surface area contributed by atoms with Gasteiger partial charge in [-0.3, -0.25) is 5.43 Å². The van der Waals surface area contributed by atoms with Gasteiger partial charge in [0.05, 0.1) is 6.26 Å². The fourth-order valence-corrected chi connectivity index (χ4v) is 1.63. The molecule has 0 bridgehead atoms. The van der Waals surface area contributed by atoms with Gasteiger partial charge < -0.3 is 9.73 Å². The first-order valence-electron chi connectivity index (χ1n) is 5.87. The lowest BCUT2D eigenvalue weighted by Gasteiger charge is -2.07. The van der Waals surface area contributed by atoms with Crippen LogP contribution in [0.5, 0.6) is 0 Å². The van der Waals surface area contributed by atoms with Gasteiger partial charge >= 0.3 is 0 Å². The molecule has 2 N–H and O–H groups in total. The van der Waals surface area contributed by atoms with E-state index in [-0.39, 0.29) is 0 Å². The van der Waals surface area contributed by atoms with Crippen LogP contribution in [0.2, 0.25) is 0 Å². The normalized spacial score (nSPS) is 11.2. The molecule has 0 unspecified atom stereocenters. The second kappa shape index (κ2) is 6.15. The molecule has 19 heavy (non-hydrogen) atoms. The third-order valence-corrected chi connectivity index (χ3v) is 2.71. The van der Waals surface area contributed by atoms with E-state index in [0.29, 0.717) is 10.9 Å². The number of hydrazone groups is 1. The highest BCUT2D eigenvalue weighted by molar-refractivity contribution is 7.80. The van der Waals surface area contributed by atoms with Crippen LogP contribution in [-0.2, 0) is 0 Å². The van der Waals surface area contributed by atoms with Gasteiger partial charge in [0, 0.05) is 5.69 Å². The molecule has 2 aromatic rings. The van der Waals surface area contributed by atoms with Crippen LogP contribution < -0.4 is 10.7 Å². The smallest absolute Gasteiger partial charge is 0.191 e. The van der Waals surface area contributed by atoms with Crippen molar-refractivity contribution in [3.63, 3.8) is 0 Å². The number of hydrogen-bond donors (Lipinski definition) is 2. The Bertz CT molecular complexity index is 573. The molecule has 4 nitrogen and oxygen atoms in total. The first-order chi connectivity index (χ1) is 9.15. The van der Waals surface area contributed by atoms with Crippen LogP contribution in [0.25, 0.3) is 0 Å². The predicted octanol–water partition coefficient (Wildman–Crippen LogP) is 3.30. The van der Waals surface area contributed by atoms with Crippen LogP contribution in [0, 0.1) is 6.92 Å². The Balaban J connectivity index is 1.91. The lowest BCUT2D eigenvalue weighted by atomic mass is 10.2. The summed E-state index contributed by atoms with van der Waals surface area (Å²) in [4.78, 5) is 0. The summed E-state index contributed by atoms with van der Waals surface area (Å²) in [7, 11) is 0. The minimum Gasteiger partial charge on any atom is -0.463 e. The summed E-state index contributed by atoms with van der Waals surface area (Å²) >= 11 is 5.16. The standard InChI is InChI=1S/C14H15N3OS/c1-10-5-7-12(8-6-10)15-14(19)17-16-11(2)13-4-3-9-18-13/h3-9H,1-2H3,(H2,15,17,19)/b16-11+. The maximum Gasteiger partial charge on any atom is 0.191 e. The second-order valence-corrected chi connectivity index (χ2v) is 4.51. The summed E-state index contributed by atoms with van der Waals surface area (Å²) < 4.78 is 5.22. The Hall–Kier alpha value is -2.14. The lowest BCUT2D eigenvalue weighted by molar-refractivity contribution is 0.556. The molecule has 0 aliphatic carbocycles. The number of nitrogens with one attached hydrogen (secondary N) is 2. The van der Waals surface area contributed by atoms with E-state index in [1.807, 2.05) is 50.2 Å². The molecule has 1 aromatic carbocycles. The summed E-state index contributed by atoms with van der Waals surface area (Å²) in [6.07, 6.45) is 1.61. The van der Waals surface area contributed by atoms with Crippen LogP contribution in [0.1, 0.15) is 18.2 Å². The number of nitrogens with zero attached hydrogens (tertiary/aromatic N) is 1. The van der Waals surface area contributed by atoms with Gasteiger partial charge in [-0.25, -0.2) is 0 Å². The Morgan fingerprint density at radius 3 is 2.58 bits per heavy atom. The van der Waals surface area contributed by atoms with Crippen molar-refractivity contribution in [1.29, 1.82) is 0 Å². The van der Waals surface area contributed by atoms with E-state index in [2.05, 4.69) is 15.8 Å².